The van der Waals surface area contributed by atoms with Gasteiger partial charge >= 0.3 is 0 Å². The first-order chi connectivity index (χ1) is 12.7. The Bertz CT molecular complexity index is 768. The zero-order valence-electron chi connectivity index (χ0n) is 14.9. The van der Waals surface area contributed by atoms with Gasteiger partial charge in [0.05, 0.1) is 6.61 Å². The van der Waals surface area contributed by atoms with Crippen molar-refractivity contribution in [1.82, 2.24) is 5.32 Å². The number of fused-ring (bicyclic) bond motifs is 1. The van der Waals surface area contributed by atoms with Crippen LogP contribution in [0.4, 0.5) is 0 Å². The molecule has 1 aliphatic rings. The summed E-state index contributed by atoms with van der Waals surface area (Å²) < 4.78 is 16.0. The summed E-state index contributed by atoms with van der Waals surface area (Å²) in [6.45, 7) is 3.53. The van der Waals surface area contributed by atoms with Gasteiger partial charge in [-0.15, -0.1) is 0 Å². The molecule has 0 bridgehead atoms. The summed E-state index contributed by atoms with van der Waals surface area (Å²) in [6, 6.07) is 13.7. The lowest BCUT2D eigenvalue weighted by atomic mass is 10.1. The lowest BCUT2D eigenvalue weighted by Crippen LogP contribution is -2.22. The van der Waals surface area contributed by atoms with Gasteiger partial charge in [0, 0.05) is 12.6 Å². The molecule has 0 saturated heterocycles. The molecule has 0 spiro atoms. The number of aryl methyl sites for hydroxylation is 1. The summed E-state index contributed by atoms with van der Waals surface area (Å²) in [6.07, 6.45) is 5.11. The van der Waals surface area contributed by atoms with Crippen molar-refractivity contribution >= 4 is 12.0 Å². The van der Waals surface area contributed by atoms with Gasteiger partial charge in [-0.3, -0.25) is 4.79 Å². The van der Waals surface area contributed by atoms with E-state index in [1.807, 2.05) is 37.3 Å². The number of hydrogen-bond acceptors (Lipinski definition) is 4. The molecule has 0 aromatic heterocycles. The van der Waals surface area contributed by atoms with Crippen LogP contribution in [-0.4, -0.2) is 25.9 Å². The molecule has 0 aliphatic carbocycles. The molecule has 1 amide bonds. The second kappa shape index (κ2) is 8.94. The molecule has 1 aliphatic heterocycles. The maximum Gasteiger partial charge on any atom is 0.243 e. The van der Waals surface area contributed by atoms with E-state index in [4.69, 9.17) is 14.2 Å². The number of benzene rings is 2. The fourth-order valence-corrected chi connectivity index (χ4v) is 2.67. The summed E-state index contributed by atoms with van der Waals surface area (Å²) in [5.41, 5.74) is 2.14. The number of ether oxygens (including phenoxy) is 3. The van der Waals surface area contributed by atoms with Gasteiger partial charge in [0.15, 0.2) is 11.5 Å². The van der Waals surface area contributed by atoms with Crippen molar-refractivity contribution in [2.45, 2.75) is 19.8 Å². The summed E-state index contributed by atoms with van der Waals surface area (Å²) in [5, 5.41) is 2.90. The van der Waals surface area contributed by atoms with E-state index in [2.05, 4.69) is 17.4 Å². The van der Waals surface area contributed by atoms with E-state index in [9.17, 15) is 4.79 Å². The van der Waals surface area contributed by atoms with Crippen molar-refractivity contribution < 1.29 is 19.0 Å². The SMILES string of the molecule is CCOc1ccc(CCCNC(=O)/C=C/c2ccc3c(c2)OCO3)cc1. The Morgan fingerprint density at radius 3 is 2.77 bits per heavy atom. The molecule has 0 atom stereocenters. The summed E-state index contributed by atoms with van der Waals surface area (Å²) >= 11 is 0. The van der Waals surface area contributed by atoms with Gasteiger partial charge < -0.3 is 19.5 Å². The van der Waals surface area contributed by atoms with Crippen LogP contribution in [0.1, 0.15) is 24.5 Å². The molecule has 1 N–H and O–H groups in total. The topological polar surface area (TPSA) is 56.8 Å². The van der Waals surface area contributed by atoms with E-state index < -0.39 is 0 Å². The maximum atomic E-state index is 11.9. The first kappa shape index (κ1) is 17.9. The largest absolute Gasteiger partial charge is 0.494 e. The van der Waals surface area contributed by atoms with Crippen LogP contribution in [0.5, 0.6) is 17.2 Å². The minimum atomic E-state index is -0.102. The molecule has 0 radical (unpaired) electrons. The van der Waals surface area contributed by atoms with Crippen molar-refractivity contribution in [3.63, 3.8) is 0 Å². The minimum Gasteiger partial charge on any atom is -0.494 e. The van der Waals surface area contributed by atoms with Crippen LogP contribution in [0.25, 0.3) is 6.08 Å². The summed E-state index contributed by atoms with van der Waals surface area (Å²) in [4.78, 5) is 11.9. The highest BCUT2D eigenvalue weighted by atomic mass is 16.7. The Kier molecular flexibility index (Phi) is 6.14. The van der Waals surface area contributed by atoms with Gasteiger partial charge in [-0.1, -0.05) is 18.2 Å². The summed E-state index contributed by atoms with van der Waals surface area (Å²) in [5.74, 6) is 2.23. The van der Waals surface area contributed by atoms with Crippen molar-refractivity contribution in [2.24, 2.45) is 0 Å². The number of rotatable bonds is 8. The van der Waals surface area contributed by atoms with Gasteiger partial charge in [-0.05, 0) is 61.2 Å². The molecule has 1 heterocycles. The van der Waals surface area contributed by atoms with Crippen molar-refractivity contribution in [3.8, 4) is 17.2 Å². The Balaban J connectivity index is 1.38. The molecule has 3 rings (SSSR count). The van der Waals surface area contributed by atoms with Crippen LogP contribution in [0, 0.1) is 0 Å². The number of nitrogens with one attached hydrogen (secondary N) is 1. The molecule has 2 aromatic carbocycles. The van der Waals surface area contributed by atoms with Gasteiger partial charge in [0.2, 0.25) is 12.7 Å². The van der Waals surface area contributed by atoms with Crippen LogP contribution >= 0.6 is 0 Å². The van der Waals surface area contributed by atoms with Gasteiger partial charge in [0.1, 0.15) is 5.75 Å². The van der Waals surface area contributed by atoms with Gasteiger partial charge in [-0.2, -0.15) is 0 Å². The fraction of sp³-hybridized carbons (Fsp3) is 0.286. The zero-order valence-corrected chi connectivity index (χ0v) is 14.9. The second-order valence-corrected chi connectivity index (χ2v) is 5.92. The van der Waals surface area contributed by atoms with Crippen LogP contribution < -0.4 is 19.5 Å². The quantitative estimate of drug-likeness (QED) is 0.582. The molecule has 0 saturated carbocycles. The average molecular weight is 353 g/mol. The fourth-order valence-electron chi connectivity index (χ4n) is 2.67. The highest BCUT2D eigenvalue weighted by Crippen LogP contribution is 2.32. The van der Waals surface area contributed by atoms with Crippen LogP contribution in [-0.2, 0) is 11.2 Å². The third kappa shape index (κ3) is 5.02. The zero-order chi connectivity index (χ0) is 18.2. The number of carbonyl (C=O) groups excluding carboxylic acids is 1. The molecule has 0 fully saturated rings. The predicted molar refractivity (Wildman–Crippen MR) is 101 cm³/mol. The molecule has 136 valence electrons. The highest BCUT2D eigenvalue weighted by Gasteiger charge is 2.12. The highest BCUT2D eigenvalue weighted by molar-refractivity contribution is 5.91. The van der Waals surface area contributed by atoms with Gasteiger partial charge in [0.25, 0.3) is 0 Å². The minimum absolute atomic E-state index is 0.102. The first-order valence-corrected chi connectivity index (χ1v) is 8.82. The predicted octanol–water partition coefficient (Wildman–Crippen LogP) is 3.58. The number of amides is 1. The Morgan fingerprint density at radius 1 is 1.15 bits per heavy atom. The molecule has 0 unspecified atom stereocenters. The van der Waals surface area contributed by atoms with E-state index in [1.54, 1.807) is 6.08 Å². The molecule has 5 nitrogen and oxygen atoms in total. The first-order valence-electron chi connectivity index (χ1n) is 8.82. The standard InChI is InChI=1S/C21H23NO4/c1-2-24-18-9-5-16(6-10-18)4-3-13-22-21(23)12-8-17-7-11-19-20(14-17)26-15-25-19/h5-12,14H,2-4,13,15H2,1H3,(H,22,23)/b12-8+. The number of carbonyl (C=O) groups is 1. The third-order valence-corrected chi connectivity index (χ3v) is 4.00. The normalized spacial score (nSPS) is 12.3. The van der Waals surface area contributed by atoms with E-state index in [0.717, 1.165) is 29.9 Å². The van der Waals surface area contributed by atoms with Crippen LogP contribution in [0.2, 0.25) is 0 Å². The second-order valence-electron chi connectivity index (χ2n) is 5.92. The van der Waals surface area contributed by atoms with E-state index >= 15 is 0 Å². The van der Waals surface area contributed by atoms with Crippen molar-refractivity contribution in [1.29, 1.82) is 0 Å². The number of hydrogen-bond donors (Lipinski definition) is 1. The monoisotopic (exact) mass is 353 g/mol. The lowest BCUT2D eigenvalue weighted by Gasteiger charge is -2.05. The molecular weight excluding hydrogens is 330 g/mol. The van der Waals surface area contributed by atoms with E-state index in [1.165, 1.54) is 11.6 Å². The maximum absolute atomic E-state index is 11.9. The van der Waals surface area contributed by atoms with Crippen molar-refractivity contribution in [3.05, 3.63) is 59.7 Å². The van der Waals surface area contributed by atoms with Gasteiger partial charge in [-0.25, -0.2) is 0 Å². The van der Waals surface area contributed by atoms with Crippen LogP contribution in [0.3, 0.4) is 0 Å². The van der Waals surface area contributed by atoms with Crippen LogP contribution in [0.15, 0.2) is 48.5 Å². The molecule has 26 heavy (non-hydrogen) atoms. The van der Waals surface area contributed by atoms with E-state index in [0.29, 0.717) is 18.9 Å². The lowest BCUT2D eigenvalue weighted by molar-refractivity contribution is -0.116. The Morgan fingerprint density at radius 2 is 1.96 bits per heavy atom. The smallest absolute Gasteiger partial charge is 0.243 e. The Hall–Kier alpha value is -2.95. The Labute approximate surface area is 153 Å². The van der Waals surface area contributed by atoms with E-state index in [-0.39, 0.29) is 12.7 Å². The molecule has 5 heteroatoms. The molecular formula is C21H23NO4. The molecule has 2 aromatic rings. The third-order valence-electron chi connectivity index (χ3n) is 4.00. The summed E-state index contributed by atoms with van der Waals surface area (Å²) in [7, 11) is 0. The average Bonchev–Trinajstić information content (AvgIpc) is 3.13. The van der Waals surface area contributed by atoms with Crippen molar-refractivity contribution in [2.75, 3.05) is 19.9 Å².